The lowest BCUT2D eigenvalue weighted by molar-refractivity contribution is 0.410. The fourth-order valence-corrected chi connectivity index (χ4v) is 1.51. The number of benzene rings is 1. The van der Waals surface area contributed by atoms with E-state index in [0.29, 0.717) is 10.9 Å². The third-order valence-corrected chi connectivity index (χ3v) is 2.40. The van der Waals surface area contributed by atoms with Crippen molar-refractivity contribution in [3.8, 4) is 0 Å². The zero-order valence-electron chi connectivity index (χ0n) is 7.94. The maximum atomic E-state index is 6.05. The first-order chi connectivity index (χ1) is 7.10. The summed E-state index contributed by atoms with van der Waals surface area (Å²) in [7, 11) is 0. The molecule has 0 saturated carbocycles. The molecule has 5 N–H and O–H groups in total. The van der Waals surface area contributed by atoms with Gasteiger partial charge in [0, 0.05) is 16.8 Å². The zero-order chi connectivity index (χ0) is 10.9. The molecule has 1 heterocycles. The van der Waals surface area contributed by atoms with Gasteiger partial charge in [-0.15, -0.1) is 0 Å². The van der Waals surface area contributed by atoms with E-state index in [1.54, 1.807) is 24.4 Å². The van der Waals surface area contributed by atoms with Crippen molar-refractivity contribution in [1.29, 1.82) is 0 Å². The van der Waals surface area contributed by atoms with Crippen molar-refractivity contribution >= 4 is 17.4 Å². The van der Waals surface area contributed by atoms with Gasteiger partial charge in [0.05, 0.1) is 0 Å². The molecular formula is C10H11ClN4. The molecule has 0 amide bonds. The summed E-state index contributed by atoms with van der Waals surface area (Å²) in [4.78, 5) is 4.15. The van der Waals surface area contributed by atoms with Gasteiger partial charge in [-0.2, -0.15) is 0 Å². The van der Waals surface area contributed by atoms with Crippen LogP contribution >= 0.6 is 11.6 Å². The minimum Gasteiger partial charge on any atom is -0.384 e. The molecule has 1 atom stereocenters. The van der Waals surface area contributed by atoms with Gasteiger partial charge in [-0.1, -0.05) is 23.7 Å². The van der Waals surface area contributed by atoms with Crippen LogP contribution in [0.15, 0.2) is 41.5 Å². The molecule has 1 aliphatic heterocycles. The molecule has 0 radical (unpaired) electrons. The second-order valence-corrected chi connectivity index (χ2v) is 3.72. The monoisotopic (exact) mass is 222 g/mol. The summed E-state index contributed by atoms with van der Waals surface area (Å²) in [5.41, 5.74) is 12.4. The number of nitrogens with one attached hydrogen (secondary N) is 1. The lowest BCUT2D eigenvalue weighted by Gasteiger charge is -2.28. The number of hydrogen-bond acceptors (Lipinski definition) is 4. The van der Waals surface area contributed by atoms with Crippen LogP contribution in [0.5, 0.6) is 0 Å². The number of rotatable bonds is 1. The molecule has 0 fully saturated rings. The van der Waals surface area contributed by atoms with Crippen LogP contribution in [-0.4, -0.2) is 5.84 Å². The second kappa shape index (κ2) is 3.56. The van der Waals surface area contributed by atoms with Crippen molar-refractivity contribution < 1.29 is 0 Å². The fraction of sp³-hybridized carbons (Fsp3) is 0.100. The van der Waals surface area contributed by atoms with Crippen molar-refractivity contribution in [3.63, 3.8) is 0 Å². The summed E-state index contributed by atoms with van der Waals surface area (Å²) in [6.07, 6.45) is 3.33. The molecule has 2 rings (SSSR count). The van der Waals surface area contributed by atoms with Gasteiger partial charge in [-0.05, 0) is 18.2 Å². The van der Waals surface area contributed by atoms with Crippen LogP contribution in [-0.2, 0) is 5.79 Å². The van der Waals surface area contributed by atoms with Gasteiger partial charge >= 0.3 is 0 Å². The molecule has 1 aromatic carbocycles. The van der Waals surface area contributed by atoms with Crippen LogP contribution in [0.25, 0.3) is 0 Å². The Bertz CT molecular complexity index is 424. The Balaban J connectivity index is 2.38. The smallest absolute Gasteiger partial charge is 0.211 e. The van der Waals surface area contributed by atoms with Crippen molar-refractivity contribution in [2.45, 2.75) is 5.79 Å². The van der Waals surface area contributed by atoms with Crippen molar-refractivity contribution in [2.24, 2.45) is 16.5 Å². The standard InChI is InChI=1S/C10H11ClN4/c11-8-3-1-7(2-4-8)10(13)14-6-5-9(12)15-10/h1-6,14H,13H2,(H2,12,15). The molecule has 0 saturated heterocycles. The summed E-state index contributed by atoms with van der Waals surface area (Å²) in [6.45, 7) is 0. The van der Waals surface area contributed by atoms with Gasteiger partial charge in [0.25, 0.3) is 0 Å². The number of aliphatic imine (C=N–C) groups is 1. The van der Waals surface area contributed by atoms with Crippen LogP contribution in [0, 0.1) is 0 Å². The van der Waals surface area contributed by atoms with E-state index in [4.69, 9.17) is 23.1 Å². The largest absolute Gasteiger partial charge is 0.384 e. The highest BCUT2D eigenvalue weighted by molar-refractivity contribution is 6.30. The highest BCUT2D eigenvalue weighted by Crippen LogP contribution is 2.20. The summed E-state index contributed by atoms with van der Waals surface area (Å²) in [6, 6.07) is 7.14. The Labute approximate surface area is 92.6 Å². The molecule has 0 aromatic heterocycles. The van der Waals surface area contributed by atoms with E-state index in [9.17, 15) is 0 Å². The van der Waals surface area contributed by atoms with Gasteiger partial charge in [-0.3, -0.25) is 5.73 Å². The molecule has 0 spiro atoms. The average molecular weight is 223 g/mol. The molecule has 1 aromatic rings. The topological polar surface area (TPSA) is 76.4 Å². The average Bonchev–Trinajstić information content (AvgIpc) is 2.18. The van der Waals surface area contributed by atoms with E-state index in [0.717, 1.165) is 5.56 Å². The maximum absolute atomic E-state index is 6.05. The van der Waals surface area contributed by atoms with Gasteiger partial charge in [-0.25, -0.2) is 4.99 Å². The number of hydrogen-bond donors (Lipinski definition) is 3. The lowest BCUT2D eigenvalue weighted by atomic mass is 10.1. The molecule has 0 aliphatic carbocycles. The summed E-state index contributed by atoms with van der Waals surface area (Å²) >= 11 is 5.79. The molecule has 78 valence electrons. The molecular weight excluding hydrogens is 212 g/mol. The first kappa shape index (κ1) is 10.0. The predicted molar refractivity (Wildman–Crippen MR) is 61.2 cm³/mol. The van der Waals surface area contributed by atoms with Gasteiger partial charge < -0.3 is 11.1 Å². The van der Waals surface area contributed by atoms with Crippen LogP contribution in [0.1, 0.15) is 5.56 Å². The van der Waals surface area contributed by atoms with Crippen LogP contribution in [0.2, 0.25) is 5.02 Å². The molecule has 1 aliphatic rings. The van der Waals surface area contributed by atoms with E-state index < -0.39 is 5.79 Å². The molecule has 0 bridgehead atoms. The second-order valence-electron chi connectivity index (χ2n) is 3.29. The van der Waals surface area contributed by atoms with E-state index in [-0.39, 0.29) is 0 Å². The number of halogens is 1. The number of nitrogens with zero attached hydrogens (tertiary/aromatic N) is 1. The molecule has 4 nitrogen and oxygen atoms in total. The van der Waals surface area contributed by atoms with Crippen LogP contribution < -0.4 is 16.8 Å². The van der Waals surface area contributed by atoms with E-state index in [2.05, 4.69) is 10.3 Å². The summed E-state index contributed by atoms with van der Waals surface area (Å²) in [5, 5.41) is 3.61. The first-order valence-electron chi connectivity index (χ1n) is 4.45. The third-order valence-electron chi connectivity index (χ3n) is 2.15. The van der Waals surface area contributed by atoms with Crippen molar-refractivity contribution in [1.82, 2.24) is 5.32 Å². The van der Waals surface area contributed by atoms with Crippen molar-refractivity contribution in [2.75, 3.05) is 0 Å². The SMILES string of the molecule is NC1=NC(N)(c2ccc(Cl)cc2)NC=C1. The Kier molecular flexibility index (Phi) is 2.38. The van der Waals surface area contributed by atoms with Crippen LogP contribution in [0.4, 0.5) is 0 Å². The van der Waals surface area contributed by atoms with Crippen molar-refractivity contribution in [3.05, 3.63) is 47.1 Å². The number of amidine groups is 1. The predicted octanol–water partition coefficient (Wildman–Crippen LogP) is 0.883. The summed E-state index contributed by atoms with van der Waals surface area (Å²) in [5.74, 6) is -0.602. The quantitative estimate of drug-likeness (QED) is 0.660. The number of nitrogens with two attached hydrogens (primary N) is 2. The maximum Gasteiger partial charge on any atom is 0.211 e. The minimum absolute atomic E-state index is 0.395. The van der Waals surface area contributed by atoms with E-state index >= 15 is 0 Å². The Hall–Kier alpha value is -1.52. The molecule has 15 heavy (non-hydrogen) atoms. The molecule has 1 unspecified atom stereocenters. The van der Waals surface area contributed by atoms with E-state index in [1.807, 2.05) is 12.1 Å². The van der Waals surface area contributed by atoms with Gasteiger partial charge in [0.1, 0.15) is 5.84 Å². The highest BCUT2D eigenvalue weighted by Gasteiger charge is 2.26. The first-order valence-corrected chi connectivity index (χ1v) is 4.82. The molecule has 5 heteroatoms. The normalized spacial score (nSPS) is 24.5. The Morgan fingerprint density at radius 1 is 1.27 bits per heavy atom. The van der Waals surface area contributed by atoms with Gasteiger partial charge in [0.2, 0.25) is 5.79 Å². The van der Waals surface area contributed by atoms with E-state index in [1.165, 1.54) is 0 Å². The fourth-order valence-electron chi connectivity index (χ4n) is 1.38. The Morgan fingerprint density at radius 3 is 2.53 bits per heavy atom. The minimum atomic E-state index is -0.997. The zero-order valence-corrected chi connectivity index (χ0v) is 8.70. The summed E-state index contributed by atoms with van der Waals surface area (Å²) < 4.78 is 0. The Morgan fingerprint density at radius 2 is 1.93 bits per heavy atom. The third kappa shape index (κ3) is 1.95. The lowest BCUT2D eigenvalue weighted by Crippen LogP contribution is -2.49. The van der Waals surface area contributed by atoms with Gasteiger partial charge in [0.15, 0.2) is 0 Å². The highest BCUT2D eigenvalue weighted by atomic mass is 35.5. The van der Waals surface area contributed by atoms with Crippen LogP contribution in [0.3, 0.4) is 0 Å².